The van der Waals surface area contributed by atoms with Crippen LogP contribution in [-0.2, 0) is 5.41 Å². The molecule has 0 saturated carbocycles. The van der Waals surface area contributed by atoms with Crippen LogP contribution in [0.1, 0.15) is 22.3 Å². The molecular weight excluding hydrogens is 352 g/mol. The Hall–Kier alpha value is -3.03. The molecule has 27 heavy (non-hydrogen) atoms. The molecule has 2 heteroatoms. The van der Waals surface area contributed by atoms with E-state index in [0.29, 0.717) is 0 Å². The van der Waals surface area contributed by atoms with Crippen molar-refractivity contribution in [1.29, 1.82) is 0 Å². The quantitative estimate of drug-likeness (QED) is 0.310. The molecule has 4 aromatic rings. The van der Waals surface area contributed by atoms with E-state index in [-0.39, 0.29) is 0 Å². The maximum Gasteiger partial charge on any atom is 0.132 e. The van der Waals surface area contributed by atoms with Gasteiger partial charge in [-0.1, -0.05) is 78.3 Å². The number of fused-ring (bicyclic) bond motifs is 5. The molecule has 1 unspecified atom stereocenters. The topological polar surface area (TPSA) is 9.23 Å². The summed E-state index contributed by atoms with van der Waals surface area (Å²) < 4.78 is 6.34. The van der Waals surface area contributed by atoms with Crippen molar-refractivity contribution in [2.75, 3.05) is 0 Å². The summed E-state index contributed by atoms with van der Waals surface area (Å²) in [7, 11) is 0. The van der Waals surface area contributed by atoms with E-state index in [4.69, 9.17) is 16.3 Å². The van der Waals surface area contributed by atoms with Crippen molar-refractivity contribution >= 4 is 11.6 Å². The summed E-state index contributed by atoms with van der Waals surface area (Å²) in [5.41, 5.74) is 6.91. The minimum Gasteiger partial charge on any atom is -0.457 e. The fourth-order valence-electron chi connectivity index (χ4n) is 4.85. The second-order valence-electron chi connectivity index (χ2n) is 7.08. The Morgan fingerprint density at radius 3 is 2.22 bits per heavy atom. The monoisotopic (exact) mass is 366 g/mol. The molecule has 128 valence electrons. The van der Waals surface area contributed by atoms with Crippen LogP contribution in [0.2, 0.25) is 5.02 Å². The Morgan fingerprint density at radius 1 is 0.630 bits per heavy atom. The third-order valence-corrected chi connectivity index (χ3v) is 6.03. The minimum atomic E-state index is -0.414. The smallest absolute Gasteiger partial charge is 0.132 e. The van der Waals surface area contributed by atoms with Gasteiger partial charge in [0.15, 0.2) is 0 Å². The number of hydrogen-bond donors (Lipinski definition) is 0. The van der Waals surface area contributed by atoms with Crippen LogP contribution >= 0.6 is 11.6 Å². The highest BCUT2D eigenvalue weighted by Crippen LogP contribution is 2.63. The summed E-state index contributed by atoms with van der Waals surface area (Å²) in [6.07, 6.45) is 0. The molecule has 6 rings (SSSR count). The van der Waals surface area contributed by atoms with Gasteiger partial charge in [-0.05, 0) is 46.5 Å². The number of halogens is 1. The van der Waals surface area contributed by atoms with Gasteiger partial charge < -0.3 is 4.74 Å². The van der Waals surface area contributed by atoms with Crippen molar-refractivity contribution in [3.63, 3.8) is 0 Å². The first-order valence-electron chi connectivity index (χ1n) is 9.07. The van der Waals surface area contributed by atoms with Gasteiger partial charge >= 0.3 is 0 Å². The molecule has 2 aliphatic rings. The lowest BCUT2D eigenvalue weighted by Crippen LogP contribution is -2.31. The zero-order valence-electron chi connectivity index (χ0n) is 14.4. The molecule has 0 saturated heterocycles. The van der Waals surface area contributed by atoms with Crippen molar-refractivity contribution in [3.8, 4) is 22.6 Å². The summed E-state index contributed by atoms with van der Waals surface area (Å²) in [5.74, 6) is 1.82. The molecule has 1 aliphatic carbocycles. The molecule has 0 spiro atoms. The lowest BCUT2D eigenvalue weighted by molar-refractivity contribution is 0.438. The maximum absolute atomic E-state index is 6.45. The van der Waals surface area contributed by atoms with Crippen molar-refractivity contribution in [2.45, 2.75) is 5.41 Å². The molecule has 1 heterocycles. The summed E-state index contributed by atoms with van der Waals surface area (Å²) in [6, 6.07) is 31.6. The number of hydrogen-bond acceptors (Lipinski definition) is 1. The third kappa shape index (κ3) is 1.80. The van der Waals surface area contributed by atoms with E-state index >= 15 is 0 Å². The van der Waals surface area contributed by atoms with Gasteiger partial charge in [-0.15, -0.1) is 0 Å². The zero-order valence-corrected chi connectivity index (χ0v) is 15.2. The Bertz CT molecular complexity index is 1230. The molecule has 4 aromatic carbocycles. The van der Waals surface area contributed by atoms with Gasteiger partial charge in [-0.25, -0.2) is 0 Å². The lowest BCUT2D eigenvalue weighted by Gasteiger charge is -2.39. The normalized spacial score (nSPS) is 18.3. The first kappa shape index (κ1) is 15.1. The predicted octanol–water partition coefficient (Wildman–Crippen LogP) is 6.81. The van der Waals surface area contributed by atoms with Gasteiger partial charge in [0, 0.05) is 16.1 Å². The Kier molecular flexibility index (Phi) is 2.93. The first-order valence-corrected chi connectivity index (χ1v) is 9.45. The van der Waals surface area contributed by atoms with E-state index < -0.39 is 5.41 Å². The van der Waals surface area contributed by atoms with Crippen molar-refractivity contribution < 1.29 is 4.74 Å². The van der Waals surface area contributed by atoms with Gasteiger partial charge in [0.1, 0.15) is 11.5 Å². The minimum absolute atomic E-state index is 0.414. The molecule has 0 radical (unpaired) electrons. The maximum atomic E-state index is 6.45. The van der Waals surface area contributed by atoms with Crippen LogP contribution in [-0.4, -0.2) is 0 Å². The molecule has 0 fully saturated rings. The number of benzene rings is 4. The van der Waals surface area contributed by atoms with Crippen molar-refractivity contribution in [3.05, 3.63) is 118 Å². The summed E-state index contributed by atoms with van der Waals surface area (Å²) >= 11 is 6.45. The van der Waals surface area contributed by atoms with Crippen LogP contribution in [0.3, 0.4) is 0 Å². The van der Waals surface area contributed by atoms with Crippen molar-refractivity contribution in [2.24, 2.45) is 0 Å². The largest absolute Gasteiger partial charge is 0.457 e. The highest BCUT2D eigenvalue weighted by Gasteiger charge is 2.51. The fourth-order valence-corrected chi connectivity index (χ4v) is 5.04. The average Bonchev–Trinajstić information content (AvgIpc) is 3.02. The van der Waals surface area contributed by atoms with Crippen LogP contribution in [0.15, 0.2) is 91.0 Å². The molecule has 0 aromatic heterocycles. The van der Waals surface area contributed by atoms with E-state index in [0.717, 1.165) is 22.1 Å². The van der Waals surface area contributed by atoms with E-state index in [1.54, 1.807) is 0 Å². The number of ether oxygens (including phenoxy) is 1. The van der Waals surface area contributed by atoms with Gasteiger partial charge in [0.25, 0.3) is 0 Å². The van der Waals surface area contributed by atoms with Gasteiger partial charge in [-0.2, -0.15) is 0 Å². The highest BCUT2D eigenvalue weighted by molar-refractivity contribution is 6.30. The number of para-hydroxylation sites is 1. The molecule has 1 nitrogen and oxygen atoms in total. The third-order valence-electron chi connectivity index (χ3n) is 5.79. The summed E-state index contributed by atoms with van der Waals surface area (Å²) in [4.78, 5) is 0. The molecule has 1 atom stereocenters. The van der Waals surface area contributed by atoms with Gasteiger partial charge in [0.2, 0.25) is 0 Å². The average molecular weight is 367 g/mol. The van der Waals surface area contributed by atoms with Crippen LogP contribution in [0.5, 0.6) is 11.5 Å². The SMILES string of the molecule is Clc1cccc(C23c4ccccc4Oc4cccc(c42)-c2ccccc23)c1. The van der Waals surface area contributed by atoms with E-state index in [1.165, 1.54) is 27.8 Å². The second-order valence-corrected chi connectivity index (χ2v) is 7.52. The van der Waals surface area contributed by atoms with Crippen LogP contribution in [0.25, 0.3) is 11.1 Å². The van der Waals surface area contributed by atoms with Crippen LogP contribution < -0.4 is 4.74 Å². The zero-order chi connectivity index (χ0) is 18.0. The molecule has 0 N–H and O–H groups in total. The molecular formula is C25H15ClO. The van der Waals surface area contributed by atoms with Gasteiger partial charge in [0.05, 0.1) is 5.41 Å². The molecule has 1 aliphatic heterocycles. The van der Waals surface area contributed by atoms with Crippen LogP contribution in [0, 0.1) is 0 Å². The lowest BCUT2D eigenvalue weighted by atomic mass is 9.66. The van der Waals surface area contributed by atoms with Crippen molar-refractivity contribution in [1.82, 2.24) is 0 Å². The van der Waals surface area contributed by atoms with E-state index in [9.17, 15) is 0 Å². The van der Waals surface area contributed by atoms with Crippen LogP contribution in [0.4, 0.5) is 0 Å². The molecule has 0 bridgehead atoms. The van der Waals surface area contributed by atoms with Gasteiger partial charge in [-0.3, -0.25) is 0 Å². The fraction of sp³-hybridized carbons (Fsp3) is 0.0400. The molecule has 0 amide bonds. The second kappa shape index (κ2) is 5.25. The highest BCUT2D eigenvalue weighted by atomic mass is 35.5. The van der Waals surface area contributed by atoms with E-state index in [2.05, 4.69) is 72.8 Å². The Labute approximate surface area is 162 Å². The standard InChI is InChI=1S/C25H15ClO/c26-17-8-5-7-16(15-17)25-20-11-2-1-9-18(20)19-10-6-14-23(24(19)25)27-22-13-4-3-12-21(22)25/h1-15H. The van der Waals surface area contributed by atoms with E-state index in [1.807, 2.05) is 18.2 Å². The Balaban J connectivity index is 1.87. The number of rotatable bonds is 1. The summed E-state index contributed by atoms with van der Waals surface area (Å²) in [5, 5.41) is 0.745. The Morgan fingerprint density at radius 2 is 1.33 bits per heavy atom. The summed E-state index contributed by atoms with van der Waals surface area (Å²) in [6.45, 7) is 0. The first-order chi connectivity index (χ1) is 13.3. The predicted molar refractivity (Wildman–Crippen MR) is 109 cm³/mol.